The Morgan fingerprint density at radius 3 is 2.58 bits per heavy atom. The first-order valence-corrected chi connectivity index (χ1v) is 4.64. The Morgan fingerprint density at radius 2 is 2.17 bits per heavy atom. The molecule has 0 aromatic carbocycles. The number of carbonyl (C=O) groups excluding carboxylic acids is 1. The molecule has 1 atom stereocenters. The topological polar surface area (TPSA) is 49.3 Å². The summed E-state index contributed by atoms with van der Waals surface area (Å²) in [6.07, 6.45) is 2.79. The van der Waals surface area contributed by atoms with Crippen molar-refractivity contribution >= 4 is 5.91 Å². The number of amides is 1. The number of hydrogen-bond donors (Lipinski definition) is 2. The third-order valence-electron chi connectivity index (χ3n) is 1.91. The lowest BCUT2D eigenvalue weighted by Gasteiger charge is -2.11. The van der Waals surface area contributed by atoms with Crippen molar-refractivity contribution in [3.05, 3.63) is 0 Å². The molecule has 0 aliphatic carbocycles. The second-order valence-electron chi connectivity index (χ2n) is 2.93. The predicted octanol–water partition coefficient (Wildman–Crippen LogP) is 0.921. The fraction of sp³-hybridized carbons (Fsp3) is 0.889. The first-order chi connectivity index (χ1) is 5.76. The highest BCUT2D eigenvalue weighted by Gasteiger charge is 2.13. The zero-order valence-corrected chi connectivity index (χ0v) is 7.97. The Labute approximate surface area is 74.2 Å². The summed E-state index contributed by atoms with van der Waals surface area (Å²) in [6, 6.07) is 0. The molecule has 12 heavy (non-hydrogen) atoms. The van der Waals surface area contributed by atoms with Gasteiger partial charge in [0.15, 0.2) is 0 Å². The van der Waals surface area contributed by atoms with E-state index in [0.717, 1.165) is 19.4 Å². The molecule has 72 valence electrons. The standard InChI is InChI=1S/C9H19NO2/c1-3-5-6-10-9(12)8(4-2)7-11/h8,11H,3-7H2,1-2H3,(H,10,12). The fourth-order valence-electron chi connectivity index (χ4n) is 0.930. The summed E-state index contributed by atoms with van der Waals surface area (Å²) in [7, 11) is 0. The van der Waals surface area contributed by atoms with Crippen LogP contribution in [0.3, 0.4) is 0 Å². The van der Waals surface area contributed by atoms with Crippen molar-refractivity contribution in [3.8, 4) is 0 Å². The first-order valence-electron chi connectivity index (χ1n) is 4.64. The molecule has 1 unspecified atom stereocenters. The highest BCUT2D eigenvalue weighted by Crippen LogP contribution is 2.00. The summed E-state index contributed by atoms with van der Waals surface area (Å²) in [5.41, 5.74) is 0. The molecule has 0 aliphatic heterocycles. The Kier molecular flexibility index (Phi) is 6.76. The Morgan fingerprint density at radius 1 is 1.50 bits per heavy atom. The number of hydrogen-bond acceptors (Lipinski definition) is 2. The molecular weight excluding hydrogens is 154 g/mol. The van der Waals surface area contributed by atoms with E-state index in [1.165, 1.54) is 0 Å². The quantitative estimate of drug-likeness (QED) is 0.587. The van der Waals surface area contributed by atoms with Gasteiger partial charge in [0, 0.05) is 6.54 Å². The molecule has 0 aromatic rings. The third kappa shape index (κ3) is 4.34. The minimum Gasteiger partial charge on any atom is -0.396 e. The van der Waals surface area contributed by atoms with Crippen molar-refractivity contribution < 1.29 is 9.90 Å². The van der Waals surface area contributed by atoms with E-state index in [1.807, 2.05) is 6.92 Å². The number of unbranched alkanes of at least 4 members (excludes halogenated alkanes) is 1. The number of nitrogens with one attached hydrogen (secondary N) is 1. The molecule has 0 bridgehead atoms. The second kappa shape index (κ2) is 7.10. The molecule has 0 saturated heterocycles. The lowest BCUT2D eigenvalue weighted by Crippen LogP contribution is -2.32. The summed E-state index contributed by atoms with van der Waals surface area (Å²) in [5, 5.41) is 11.6. The summed E-state index contributed by atoms with van der Waals surface area (Å²) < 4.78 is 0. The van der Waals surface area contributed by atoms with Gasteiger partial charge in [-0.05, 0) is 12.8 Å². The second-order valence-corrected chi connectivity index (χ2v) is 2.93. The van der Waals surface area contributed by atoms with Crippen LogP contribution < -0.4 is 5.32 Å². The van der Waals surface area contributed by atoms with E-state index in [1.54, 1.807) is 0 Å². The maximum Gasteiger partial charge on any atom is 0.225 e. The van der Waals surface area contributed by atoms with Crippen molar-refractivity contribution in [1.29, 1.82) is 0 Å². The Hall–Kier alpha value is -0.570. The maximum absolute atomic E-state index is 11.2. The van der Waals surface area contributed by atoms with Gasteiger partial charge in [0.25, 0.3) is 0 Å². The molecule has 0 rings (SSSR count). The van der Waals surface area contributed by atoms with Crippen LogP contribution in [0.4, 0.5) is 0 Å². The highest BCUT2D eigenvalue weighted by atomic mass is 16.3. The first kappa shape index (κ1) is 11.4. The average molecular weight is 173 g/mol. The minimum absolute atomic E-state index is 0.0200. The Bertz CT molecular complexity index is 122. The largest absolute Gasteiger partial charge is 0.396 e. The normalized spacial score (nSPS) is 12.6. The smallest absolute Gasteiger partial charge is 0.225 e. The van der Waals surface area contributed by atoms with E-state index in [0.29, 0.717) is 6.42 Å². The monoisotopic (exact) mass is 173 g/mol. The lowest BCUT2D eigenvalue weighted by atomic mass is 10.1. The molecule has 0 saturated carbocycles. The van der Waals surface area contributed by atoms with E-state index in [-0.39, 0.29) is 18.4 Å². The summed E-state index contributed by atoms with van der Waals surface area (Å²) in [6.45, 7) is 4.66. The highest BCUT2D eigenvalue weighted by molar-refractivity contribution is 5.78. The number of rotatable bonds is 6. The van der Waals surface area contributed by atoms with Crippen LogP contribution >= 0.6 is 0 Å². The molecule has 2 N–H and O–H groups in total. The fourth-order valence-corrected chi connectivity index (χ4v) is 0.930. The summed E-state index contributed by atoms with van der Waals surface area (Å²) >= 11 is 0. The van der Waals surface area contributed by atoms with Crippen LogP contribution in [0.15, 0.2) is 0 Å². The summed E-state index contributed by atoms with van der Waals surface area (Å²) in [4.78, 5) is 11.2. The van der Waals surface area contributed by atoms with E-state index >= 15 is 0 Å². The zero-order valence-electron chi connectivity index (χ0n) is 7.97. The van der Waals surface area contributed by atoms with Crippen LogP contribution in [-0.4, -0.2) is 24.2 Å². The molecule has 0 aromatic heterocycles. The number of aliphatic hydroxyl groups is 1. The number of carbonyl (C=O) groups is 1. The average Bonchev–Trinajstić information content (AvgIpc) is 2.07. The van der Waals surface area contributed by atoms with Gasteiger partial charge in [-0.2, -0.15) is 0 Å². The van der Waals surface area contributed by atoms with E-state index in [4.69, 9.17) is 5.11 Å². The Balaban J connectivity index is 3.54. The summed E-state index contributed by atoms with van der Waals surface area (Å²) in [5.74, 6) is -0.240. The van der Waals surface area contributed by atoms with Gasteiger partial charge in [0.2, 0.25) is 5.91 Å². The van der Waals surface area contributed by atoms with Gasteiger partial charge in [-0.1, -0.05) is 20.3 Å². The SMILES string of the molecule is CCCCNC(=O)C(CC)CO. The molecule has 0 fully saturated rings. The van der Waals surface area contributed by atoms with Crippen LogP contribution in [0.5, 0.6) is 0 Å². The van der Waals surface area contributed by atoms with Gasteiger partial charge in [0.1, 0.15) is 0 Å². The van der Waals surface area contributed by atoms with Gasteiger partial charge in [-0.3, -0.25) is 4.79 Å². The van der Waals surface area contributed by atoms with Crippen LogP contribution in [0.2, 0.25) is 0 Å². The molecule has 3 nitrogen and oxygen atoms in total. The number of aliphatic hydroxyl groups excluding tert-OH is 1. The van der Waals surface area contributed by atoms with E-state index in [9.17, 15) is 4.79 Å². The maximum atomic E-state index is 11.2. The molecular formula is C9H19NO2. The molecule has 3 heteroatoms. The van der Waals surface area contributed by atoms with Crippen LogP contribution in [0, 0.1) is 5.92 Å². The van der Waals surface area contributed by atoms with Crippen LogP contribution in [0.1, 0.15) is 33.1 Å². The molecule has 0 heterocycles. The van der Waals surface area contributed by atoms with Gasteiger partial charge in [-0.25, -0.2) is 0 Å². The van der Waals surface area contributed by atoms with Crippen molar-refractivity contribution in [3.63, 3.8) is 0 Å². The van der Waals surface area contributed by atoms with Gasteiger partial charge < -0.3 is 10.4 Å². The van der Waals surface area contributed by atoms with Crippen molar-refractivity contribution in [1.82, 2.24) is 5.32 Å². The molecule has 0 radical (unpaired) electrons. The zero-order chi connectivity index (χ0) is 9.40. The molecule has 0 aliphatic rings. The van der Waals surface area contributed by atoms with E-state index < -0.39 is 0 Å². The molecule has 0 spiro atoms. The molecule has 1 amide bonds. The van der Waals surface area contributed by atoms with Crippen LogP contribution in [0.25, 0.3) is 0 Å². The van der Waals surface area contributed by atoms with Gasteiger partial charge in [-0.15, -0.1) is 0 Å². The van der Waals surface area contributed by atoms with Crippen molar-refractivity contribution in [2.24, 2.45) is 5.92 Å². The van der Waals surface area contributed by atoms with Crippen molar-refractivity contribution in [2.75, 3.05) is 13.2 Å². The minimum atomic E-state index is -0.221. The predicted molar refractivity (Wildman–Crippen MR) is 48.8 cm³/mol. The van der Waals surface area contributed by atoms with E-state index in [2.05, 4.69) is 12.2 Å². The third-order valence-corrected chi connectivity index (χ3v) is 1.91. The van der Waals surface area contributed by atoms with Crippen molar-refractivity contribution in [2.45, 2.75) is 33.1 Å². The lowest BCUT2D eigenvalue weighted by molar-refractivity contribution is -0.126. The van der Waals surface area contributed by atoms with Gasteiger partial charge in [0.05, 0.1) is 12.5 Å². The van der Waals surface area contributed by atoms with Crippen LogP contribution in [-0.2, 0) is 4.79 Å². The van der Waals surface area contributed by atoms with Gasteiger partial charge >= 0.3 is 0 Å².